The molecule has 0 spiro atoms. The van der Waals surface area contributed by atoms with Crippen LogP contribution < -0.4 is 10.1 Å². The van der Waals surface area contributed by atoms with Crippen LogP contribution in [0.15, 0.2) is 29.6 Å². The van der Waals surface area contributed by atoms with Gasteiger partial charge in [0.1, 0.15) is 5.75 Å². The summed E-state index contributed by atoms with van der Waals surface area (Å²) in [5.41, 5.74) is 0.910. The lowest BCUT2D eigenvalue weighted by Gasteiger charge is -2.04. The van der Waals surface area contributed by atoms with E-state index in [-0.39, 0.29) is 10.7 Å². The maximum absolute atomic E-state index is 12.3. The fourth-order valence-corrected chi connectivity index (χ4v) is 3.26. The van der Waals surface area contributed by atoms with Gasteiger partial charge in [0, 0.05) is 0 Å². The van der Waals surface area contributed by atoms with Crippen LogP contribution in [0.3, 0.4) is 0 Å². The van der Waals surface area contributed by atoms with Gasteiger partial charge >= 0.3 is 0 Å². The molecule has 2 aromatic heterocycles. The Bertz CT molecular complexity index is 884. The molecule has 0 saturated carbocycles. The second-order valence-electron chi connectivity index (χ2n) is 4.36. The molecule has 0 saturated heterocycles. The minimum atomic E-state index is -0.418. The van der Waals surface area contributed by atoms with Crippen LogP contribution in [0.25, 0.3) is 10.2 Å². The molecule has 0 atom stereocenters. The molecular formula is C14H11ClN4O2S2. The average molecular weight is 367 g/mol. The summed E-state index contributed by atoms with van der Waals surface area (Å²) in [6.07, 6.45) is 3.24. The van der Waals surface area contributed by atoms with Crippen molar-refractivity contribution < 1.29 is 9.53 Å². The molecule has 3 rings (SSSR count). The second-order valence-corrected chi connectivity index (χ2v) is 6.57. The first-order chi connectivity index (χ1) is 11.1. The third-order valence-electron chi connectivity index (χ3n) is 2.94. The van der Waals surface area contributed by atoms with Gasteiger partial charge in [0.15, 0.2) is 16.0 Å². The monoisotopic (exact) mass is 366 g/mol. The van der Waals surface area contributed by atoms with Crippen molar-refractivity contribution >= 4 is 56.0 Å². The third kappa shape index (κ3) is 3.39. The first-order valence-corrected chi connectivity index (χ1v) is 8.85. The summed E-state index contributed by atoms with van der Waals surface area (Å²) >= 11 is 8.69. The second kappa shape index (κ2) is 6.69. The van der Waals surface area contributed by atoms with Crippen LogP contribution in [-0.2, 0) is 0 Å². The van der Waals surface area contributed by atoms with Crippen LogP contribution in [0, 0.1) is 0 Å². The van der Waals surface area contributed by atoms with Crippen molar-refractivity contribution in [3.8, 4) is 5.75 Å². The number of hydrogen-bond donors (Lipinski definition) is 1. The van der Waals surface area contributed by atoms with Crippen LogP contribution in [0.4, 0.5) is 5.13 Å². The van der Waals surface area contributed by atoms with Crippen molar-refractivity contribution in [1.29, 1.82) is 0 Å². The van der Waals surface area contributed by atoms with Gasteiger partial charge in [0.2, 0.25) is 0 Å². The highest BCUT2D eigenvalue weighted by Gasteiger charge is 2.16. The zero-order chi connectivity index (χ0) is 16.4. The molecule has 1 N–H and O–H groups in total. The number of aromatic nitrogens is 3. The van der Waals surface area contributed by atoms with Gasteiger partial charge in [-0.1, -0.05) is 34.7 Å². The normalized spacial score (nSPS) is 10.7. The van der Waals surface area contributed by atoms with E-state index in [0.717, 1.165) is 16.0 Å². The molecule has 0 aliphatic heterocycles. The summed E-state index contributed by atoms with van der Waals surface area (Å²) in [7, 11) is 1.60. The Kier molecular flexibility index (Phi) is 4.65. The maximum atomic E-state index is 12.3. The molecule has 0 aliphatic carbocycles. The van der Waals surface area contributed by atoms with Crippen molar-refractivity contribution in [2.24, 2.45) is 0 Å². The molecule has 0 fully saturated rings. The topological polar surface area (TPSA) is 77.0 Å². The molecule has 2 heterocycles. The fraction of sp³-hybridized carbons (Fsp3) is 0.143. The number of carbonyl (C=O) groups is 1. The predicted octanol–water partition coefficient (Wildman–Crippen LogP) is 3.72. The van der Waals surface area contributed by atoms with Crippen molar-refractivity contribution in [1.82, 2.24) is 15.0 Å². The number of carbonyl (C=O) groups excluding carboxylic acids is 1. The van der Waals surface area contributed by atoms with E-state index in [9.17, 15) is 4.79 Å². The minimum Gasteiger partial charge on any atom is -0.497 e. The van der Waals surface area contributed by atoms with E-state index >= 15 is 0 Å². The number of anilines is 1. The number of benzene rings is 1. The van der Waals surface area contributed by atoms with Gasteiger partial charge < -0.3 is 4.74 Å². The molecule has 1 aromatic carbocycles. The number of thiazole rings is 1. The Labute approximate surface area is 145 Å². The fourth-order valence-electron chi connectivity index (χ4n) is 1.85. The smallest absolute Gasteiger partial charge is 0.277 e. The standard InChI is InChI=1S/C14H11ClN4O2S2/c1-21-7-3-4-9-10(5-7)23-14(17-9)19-12(20)11-8(15)6-16-13(18-11)22-2/h3-6H,1-2H3,(H,17,19,20). The summed E-state index contributed by atoms with van der Waals surface area (Å²) in [5.74, 6) is 0.321. The van der Waals surface area contributed by atoms with Crippen molar-refractivity contribution in [3.63, 3.8) is 0 Å². The Morgan fingerprint density at radius 2 is 2.22 bits per heavy atom. The van der Waals surface area contributed by atoms with Gasteiger partial charge in [0.05, 0.1) is 28.5 Å². The highest BCUT2D eigenvalue weighted by atomic mass is 35.5. The number of fused-ring (bicyclic) bond motifs is 1. The minimum absolute atomic E-state index is 0.128. The molecule has 0 radical (unpaired) electrons. The van der Waals surface area contributed by atoms with Gasteiger partial charge in [-0.2, -0.15) is 0 Å². The van der Waals surface area contributed by atoms with E-state index in [1.807, 2.05) is 24.5 Å². The van der Waals surface area contributed by atoms with Crippen LogP contribution in [-0.4, -0.2) is 34.2 Å². The summed E-state index contributed by atoms with van der Waals surface area (Å²) < 4.78 is 6.09. The number of thioether (sulfide) groups is 1. The first-order valence-electron chi connectivity index (χ1n) is 6.43. The van der Waals surface area contributed by atoms with Gasteiger partial charge in [0.25, 0.3) is 5.91 Å². The van der Waals surface area contributed by atoms with Crippen molar-refractivity contribution in [2.75, 3.05) is 18.7 Å². The van der Waals surface area contributed by atoms with Crippen LogP contribution in [0.2, 0.25) is 5.02 Å². The van der Waals surface area contributed by atoms with Gasteiger partial charge in [-0.3, -0.25) is 10.1 Å². The summed E-state index contributed by atoms with van der Waals surface area (Å²) in [6, 6.07) is 5.52. The molecule has 3 aromatic rings. The largest absolute Gasteiger partial charge is 0.497 e. The Morgan fingerprint density at radius 3 is 2.96 bits per heavy atom. The zero-order valence-corrected chi connectivity index (χ0v) is 14.6. The molecule has 1 amide bonds. The lowest BCUT2D eigenvalue weighted by Crippen LogP contribution is -2.15. The van der Waals surface area contributed by atoms with Crippen LogP contribution >= 0.6 is 34.7 Å². The number of halogens is 1. The van der Waals surface area contributed by atoms with E-state index in [0.29, 0.717) is 10.3 Å². The van der Waals surface area contributed by atoms with Crippen molar-refractivity contribution in [2.45, 2.75) is 5.16 Å². The lowest BCUT2D eigenvalue weighted by atomic mass is 10.3. The highest BCUT2D eigenvalue weighted by Crippen LogP contribution is 2.29. The number of nitrogens with one attached hydrogen (secondary N) is 1. The number of methoxy groups -OCH3 is 1. The number of amides is 1. The highest BCUT2D eigenvalue weighted by molar-refractivity contribution is 7.98. The summed E-state index contributed by atoms with van der Waals surface area (Å²) in [6.45, 7) is 0. The SMILES string of the molecule is COc1ccc2nc(NC(=O)c3nc(SC)ncc3Cl)sc2c1. The Balaban J connectivity index is 1.88. The molecule has 6 nitrogen and oxygen atoms in total. The maximum Gasteiger partial charge on any atom is 0.277 e. The number of nitrogens with zero attached hydrogens (tertiary/aromatic N) is 3. The lowest BCUT2D eigenvalue weighted by molar-refractivity contribution is 0.102. The molecule has 0 bridgehead atoms. The van der Waals surface area contributed by atoms with E-state index in [2.05, 4.69) is 20.3 Å². The van der Waals surface area contributed by atoms with E-state index in [1.54, 1.807) is 7.11 Å². The zero-order valence-electron chi connectivity index (χ0n) is 12.2. The summed E-state index contributed by atoms with van der Waals surface area (Å²) in [4.78, 5) is 24.9. The molecule has 0 aliphatic rings. The van der Waals surface area contributed by atoms with Crippen molar-refractivity contribution in [3.05, 3.63) is 35.1 Å². The molecule has 0 unspecified atom stereocenters. The first kappa shape index (κ1) is 16.0. The number of rotatable bonds is 4. The molecule has 23 heavy (non-hydrogen) atoms. The molecule has 118 valence electrons. The number of ether oxygens (including phenoxy) is 1. The van der Waals surface area contributed by atoms with Crippen LogP contribution in [0.1, 0.15) is 10.5 Å². The molecular weight excluding hydrogens is 356 g/mol. The van der Waals surface area contributed by atoms with Gasteiger partial charge in [-0.25, -0.2) is 15.0 Å². The van der Waals surface area contributed by atoms with E-state index in [1.165, 1.54) is 29.3 Å². The number of hydrogen-bond acceptors (Lipinski definition) is 7. The van der Waals surface area contributed by atoms with E-state index < -0.39 is 5.91 Å². The summed E-state index contributed by atoms with van der Waals surface area (Å²) in [5, 5.41) is 3.87. The van der Waals surface area contributed by atoms with Gasteiger partial charge in [-0.05, 0) is 24.5 Å². The quantitative estimate of drug-likeness (QED) is 0.560. The van der Waals surface area contributed by atoms with Gasteiger partial charge in [-0.15, -0.1) is 0 Å². The Morgan fingerprint density at radius 1 is 1.39 bits per heavy atom. The molecule has 9 heteroatoms. The predicted molar refractivity (Wildman–Crippen MR) is 92.9 cm³/mol. The van der Waals surface area contributed by atoms with Crippen LogP contribution in [0.5, 0.6) is 5.75 Å². The van der Waals surface area contributed by atoms with E-state index in [4.69, 9.17) is 16.3 Å². The third-order valence-corrected chi connectivity index (χ3v) is 4.71. The average Bonchev–Trinajstić information content (AvgIpc) is 2.96. The Hall–Kier alpha value is -1.90.